The highest BCUT2D eigenvalue weighted by Crippen LogP contribution is 2.54. The lowest BCUT2D eigenvalue weighted by atomic mass is 9.90. The number of rotatable bonds is 9. The summed E-state index contributed by atoms with van der Waals surface area (Å²) in [6.45, 7) is 6.85. The number of likely N-dealkylation sites (tertiary alicyclic amines) is 1. The Kier molecular flexibility index (Phi) is 9.44. The van der Waals surface area contributed by atoms with Gasteiger partial charge in [-0.15, -0.1) is 11.8 Å². The molecule has 0 aliphatic carbocycles. The Morgan fingerprint density at radius 3 is 2.53 bits per heavy atom. The van der Waals surface area contributed by atoms with Gasteiger partial charge >= 0.3 is 0 Å². The van der Waals surface area contributed by atoms with Crippen molar-refractivity contribution in [2.24, 2.45) is 5.92 Å². The van der Waals surface area contributed by atoms with Crippen molar-refractivity contribution in [3.8, 4) is 0 Å². The number of benzene rings is 3. The summed E-state index contributed by atoms with van der Waals surface area (Å²) >= 11 is 10.2. The van der Waals surface area contributed by atoms with Crippen LogP contribution in [0.1, 0.15) is 48.6 Å². The number of thioether (sulfide) groups is 1. The molecule has 200 valence electrons. The first kappa shape index (κ1) is 28.9. The topological polar surface area (TPSA) is 69.6 Å². The molecule has 0 radical (unpaired) electrons. The van der Waals surface area contributed by atoms with Gasteiger partial charge in [-0.25, -0.2) is 0 Å². The predicted molar refractivity (Wildman–Crippen MR) is 162 cm³/mol. The van der Waals surface area contributed by atoms with Crippen molar-refractivity contribution < 1.29 is 14.7 Å². The molecule has 8 heteroatoms. The molecule has 1 saturated heterocycles. The maximum atomic E-state index is 14.2. The third-order valence-electron chi connectivity index (χ3n) is 6.70. The average Bonchev–Trinajstić information content (AvgIpc) is 3.16. The highest BCUT2D eigenvalue weighted by atomic mass is 127. The van der Waals surface area contributed by atoms with Gasteiger partial charge in [0.15, 0.2) is 0 Å². The molecule has 4 rings (SSSR count). The molecular formula is C30H32ClIN2O3S. The summed E-state index contributed by atoms with van der Waals surface area (Å²) in [5, 5.41) is 13.4. The molecule has 5 nitrogen and oxygen atoms in total. The van der Waals surface area contributed by atoms with Gasteiger partial charge in [-0.3, -0.25) is 9.59 Å². The lowest BCUT2D eigenvalue weighted by Crippen LogP contribution is -2.49. The van der Waals surface area contributed by atoms with Crippen molar-refractivity contribution in [2.75, 3.05) is 6.54 Å². The summed E-state index contributed by atoms with van der Waals surface area (Å²) in [6.07, 6.45) is 0.0580. The van der Waals surface area contributed by atoms with E-state index in [9.17, 15) is 14.7 Å². The number of aliphatic hydroxyl groups excluding tert-OH is 1. The zero-order valence-corrected chi connectivity index (χ0v) is 25.4. The zero-order chi connectivity index (χ0) is 27.4. The van der Waals surface area contributed by atoms with Crippen LogP contribution in [0.2, 0.25) is 5.02 Å². The molecule has 2 N–H and O–H groups in total. The van der Waals surface area contributed by atoms with Crippen LogP contribution in [0, 0.1) is 16.4 Å². The summed E-state index contributed by atoms with van der Waals surface area (Å²) in [6, 6.07) is 20.7. The lowest BCUT2D eigenvalue weighted by Gasteiger charge is -2.37. The van der Waals surface area contributed by atoms with Crippen LogP contribution in [0.15, 0.2) is 71.6 Å². The van der Waals surface area contributed by atoms with Crippen LogP contribution in [0.3, 0.4) is 0 Å². The van der Waals surface area contributed by atoms with Crippen molar-refractivity contribution in [2.45, 2.75) is 56.0 Å². The van der Waals surface area contributed by atoms with Gasteiger partial charge in [0.1, 0.15) is 4.75 Å². The first-order valence-electron chi connectivity index (χ1n) is 12.6. The number of hydrogen-bond acceptors (Lipinski definition) is 4. The monoisotopic (exact) mass is 662 g/mol. The highest BCUT2D eigenvalue weighted by Gasteiger charge is 2.58. The van der Waals surface area contributed by atoms with E-state index in [2.05, 4.69) is 41.8 Å². The molecule has 0 spiro atoms. The Bertz CT molecular complexity index is 1320. The van der Waals surface area contributed by atoms with E-state index in [-0.39, 0.29) is 37.3 Å². The quantitative estimate of drug-likeness (QED) is 0.256. The Morgan fingerprint density at radius 2 is 1.89 bits per heavy atom. The van der Waals surface area contributed by atoms with Gasteiger partial charge in [0.05, 0.1) is 19.1 Å². The van der Waals surface area contributed by atoms with Gasteiger partial charge < -0.3 is 15.3 Å². The van der Waals surface area contributed by atoms with E-state index < -0.39 is 10.8 Å². The molecule has 38 heavy (non-hydrogen) atoms. The Balaban J connectivity index is 1.89. The predicted octanol–water partition coefficient (Wildman–Crippen LogP) is 6.52. The maximum absolute atomic E-state index is 14.2. The maximum Gasteiger partial charge on any atom is 0.239 e. The second-order valence-corrected chi connectivity index (χ2v) is 13.1. The number of carbonyl (C=O) groups excluding carboxylic acids is 2. The van der Waals surface area contributed by atoms with Crippen LogP contribution >= 0.6 is 46.0 Å². The summed E-state index contributed by atoms with van der Waals surface area (Å²) in [5.41, 5.74) is 3.61. The molecule has 0 unspecified atom stereocenters. The fourth-order valence-corrected chi connectivity index (χ4v) is 7.21. The number of halogens is 2. The normalized spacial score (nSPS) is 19.3. The fraction of sp³-hybridized carbons (Fsp3) is 0.333. The van der Waals surface area contributed by atoms with Crippen LogP contribution in [-0.4, -0.2) is 33.1 Å². The SMILES string of the molecule is Cc1ccc(S[C@]2(C(=O)NCC(C)C)CC(=O)N(Cc3ccccc3Cl)[C@@H]2c2ccc(CO)cc2I)cc1. The van der Waals surface area contributed by atoms with Crippen LogP contribution in [0.4, 0.5) is 0 Å². The van der Waals surface area contributed by atoms with Crippen molar-refractivity contribution in [1.29, 1.82) is 0 Å². The van der Waals surface area contributed by atoms with Gasteiger partial charge in [0.25, 0.3) is 0 Å². The van der Waals surface area contributed by atoms with E-state index in [1.165, 1.54) is 11.8 Å². The smallest absolute Gasteiger partial charge is 0.239 e. The Hall–Kier alpha value is -2.07. The average molecular weight is 663 g/mol. The standard InChI is InChI=1S/C30H32ClIN2O3S/c1-19(2)16-33-29(37)30(38-23-11-8-20(3)9-12-23)15-27(36)34(17-22-6-4-5-7-25(22)31)28(30)24-13-10-21(18-35)14-26(24)32/h4-14,19,28,35H,15-18H2,1-3H3,(H,33,37)/t28-,30-/m1/s1. The Labute approximate surface area is 247 Å². The zero-order valence-electron chi connectivity index (χ0n) is 21.7. The van der Waals surface area contributed by atoms with E-state index in [0.29, 0.717) is 11.6 Å². The van der Waals surface area contributed by atoms with Crippen molar-refractivity contribution in [3.63, 3.8) is 0 Å². The van der Waals surface area contributed by atoms with E-state index in [4.69, 9.17) is 11.6 Å². The number of nitrogens with zero attached hydrogens (tertiary/aromatic N) is 1. The van der Waals surface area contributed by atoms with E-state index in [1.54, 1.807) is 4.90 Å². The second-order valence-electron chi connectivity index (χ2n) is 10.1. The highest BCUT2D eigenvalue weighted by molar-refractivity contribution is 14.1. The summed E-state index contributed by atoms with van der Waals surface area (Å²) < 4.78 is -0.216. The molecule has 0 aromatic heterocycles. The number of carbonyl (C=O) groups is 2. The van der Waals surface area contributed by atoms with Crippen LogP contribution < -0.4 is 5.32 Å². The van der Waals surface area contributed by atoms with Crippen LogP contribution in [0.5, 0.6) is 0 Å². The van der Waals surface area contributed by atoms with Gasteiger partial charge in [0.2, 0.25) is 11.8 Å². The first-order chi connectivity index (χ1) is 18.1. The number of aryl methyl sites for hydroxylation is 1. The van der Waals surface area contributed by atoms with Crippen LogP contribution in [0.25, 0.3) is 0 Å². The van der Waals surface area contributed by atoms with Gasteiger partial charge in [-0.1, -0.05) is 73.5 Å². The minimum Gasteiger partial charge on any atom is -0.392 e. The summed E-state index contributed by atoms with van der Waals surface area (Å²) in [4.78, 5) is 30.8. The van der Waals surface area contributed by atoms with Crippen LogP contribution in [-0.2, 0) is 22.7 Å². The third kappa shape index (κ3) is 6.22. The van der Waals surface area contributed by atoms with E-state index >= 15 is 0 Å². The van der Waals surface area contributed by atoms with Gasteiger partial charge in [-0.05, 0) is 76.4 Å². The van der Waals surface area contributed by atoms with Crippen molar-refractivity contribution in [3.05, 3.63) is 97.6 Å². The first-order valence-corrected chi connectivity index (χ1v) is 14.9. The molecule has 3 aromatic carbocycles. The van der Waals surface area contributed by atoms with Crippen molar-refractivity contribution in [1.82, 2.24) is 10.2 Å². The van der Waals surface area contributed by atoms with E-state index in [0.717, 1.165) is 30.7 Å². The largest absolute Gasteiger partial charge is 0.392 e. The molecule has 2 atom stereocenters. The third-order valence-corrected chi connectivity index (χ3v) is 9.43. The number of amides is 2. The molecule has 1 heterocycles. The number of hydrogen-bond donors (Lipinski definition) is 2. The number of aliphatic hydroxyl groups is 1. The molecular weight excluding hydrogens is 631 g/mol. The molecule has 3 aromatic rings. The molecule has 0 saturated carbocycles. The van der Waals surface area contributed by atoms with E-state index in [1.807, 2.05) is 73.7 Å². The minimum atomic E-state index is -1.11. The molecule has 1 aliphatic rings. The molecule has 0 bridgehead atoms. The number of nitrogens with one attached hydrogen (secondary N) is 1. The minimum absolute atomic E-state index is 0.0580. The fourth-order valence-electron chi connectivity index (χ4n) is 4.72. The summed E-state index contributed by atoms with van der Waals surface area (Å²) in [5.74, 6) is 0.00853. The molecule has 1 aliphatic heterocycles. The van der Waals surface area contributed by atoms with Gasteiger partial charge in [-0.2, -0.15) is 0 Å². The second kappa shape index (κ2) is 12.4. The molecule has 2 amide bonds. The Morgan fingerprint density at radius 1 is 1.18 bits per heavy atom. The summed E-state index contributed by atoms with van der Waals surface area (Å²) in [7, 11) is 0. The molecule has 1 fully saturated rings. The van der Waals surface area contributed by atoms with Crippen molar-refractivity contribution >= 4 is 57.8 Å². The lowest BCUT2D eigenvalue weighted by molar-refractivity contribution is -0.129. The van der Waals surface area contributed by atoms with Gasteiger partial charge in [0, 0.05) is 26.6 Å².